The van der Waals surface area contributed by atoms with E-state index in [4.69, 9.17) is 0 Å². The van der Waals surface area contributed by atoms with Crippen molar-refractivity contribution in [1.29, 1.82) is 0 Å². The first kappa shape index (κ1) is 20.6. The summed E-state index contributed by atoms with van der Waals surface area (Å²) in [6.07, 6.45) is 17.6. The summed E-state index contributed by atoms with van der Waals surface area (Å²) in [5.74, 6) is 0. The first-order valence-electron chi connectivity index (χ1n) is 10.2. The fraction of sp³-hybridized carbons (Fsp3) is 0.222. The second kappa shape index (κ2) is 10.4. The van der Waals surface area contributed by atoms with Gasteiger partial charge in [-0.1, -0.05) is 53.6 Å². The van der Waals surface area contributed by atoms with Crippen molar-refractivity contribution in [2.24, 2.45) is 0 Å². The van der Waals surface area contributed by atoms with Crippen LogP contribution in [0.5, 0.6) is 0 Å². The summed E-state index contributed by atoms with van der Waals surface area (Å²) >= 11 is 0. The molecule has 0 unspecified atom stereocenters. The highest BCUT2D eigenvalue weighted by Gasteiger charge is 2.09. The molecule has 0 saturated carbocycles. The maximum Gasteiger partial charge on any atom is 0.115 e. The Kier molecular flexibility index (Phi) is 7.40. The molecule has 3 rings (SSSR count). The molecule has 1 aliphatic carbocycles. The molecular weight excluding hydrogens is 352 g/mol. The summed E-state index contributed by atoms with van der Waals surface area (Å²) in [4.78, 5) is 2.14. The number of benzene rings is 2. The second-order valence-corrected chi connectivity index (χ2v) is 7.34. The van der Waals surface area contributed by atoms with E-state index in [9.17, 15) is 0 Å². The molecule has 0 aliphatic heterocycles. The van der Waals surface area contributed by atoms with Crippen LogP contribution in [0.15, 0.2) is 108 Å². The zero-order valence-electron chi connectivity index (χ0n) is 17.7. The van der Waals surface area contributed by atoms with Gasteiger partial charge in [-0.2, -0.15) is 0 Å². The minimum Gasteiger partial charge on any atom is -0.351 e. The van der Waals surface area contributed by atoms with Crippen molar-refractivity contribution in [2.75, 3.05) is 19.0 Å². The maximum atomic E-state index is 3.34. The second-order valence-electron chi connectivity index (χ2n) is 7.34. The van der Waals surface area contributed by atoms with Crippen molar-refractivity contribution in [2.45, 2.75) is 26.2 Å². The Balaban J connectivity index is 1.69. The molecule has 0 aromatic heterocycles. The number of anilines is 1. The third-order valence-corrected chi connectivity index (χ3v) is 5.32. The largest absolute Gasteiger partial charge is 0.351 e. The summed E-state index contributed by atoms with van der Waals surface area (Å²) < 4.78 is 2.02. The Labute approximate surface area is 175 Å². The van der Waals surface area contributed by atoms with Crippen LogP contribution in [0.3, 0.4) is 0 Å². The molecule has 29 heavy (non-hydrogen) atoms. The molecule has 0 spiro atoms. The van der Waals surface area contributed by atoms with Crippen LogP contribution >= 0.6 is 0 Å². The number of para-hydroxylation sites is 2. The Hall–Kier alpha value is -3.13. The topological polar surface area (TPSA) is 6.25 Å². The van der Waals surface area contributed by atoms with Crippen LogP contribution < -0.4 is 4.90 Å². The average Bonchev–Trinajstić information content (AvgIpc) is 2.77. The molecule has 2 nitrogen and oxygen atoms in total. The molecule has 1 aliphatic rings. The van der Waals surface area contributed by atoms with Crippen molar-refractivity contribution in [3.05, 3.63) is 108 Å². The van der Waals surface area contributed by atoms with Gasteiger partial charge in [-0.25, -0.2) is 0 Å². The van der Waals surface area contributed by atoms with E-state index in [0.717, 1.165) is 18.5 Å². The molecule has 0 heterocycles. The van der Waals surface area contributed by atoms with Crippen LogP contribution in [-0.4, -0.2) is 24.9 Å². The zero-order chi connectivity index (χ0) is 20.5. The number of rotatable bonds is 6. The SMILES string of the molecule is CC1=C(/C=C/[C-]=[N+](C)c2ccccc2)CCC/C1=C\C=CN(C)c1ccccc1. The van der Waals surface area contributed by atoms with Gasteiger partial charge in [0.1, 0.15) is 18.9 Å². The molecule has 0 radical (unpaired) electrons. The van der Waals surface area contributed by atoms with Crippen molar-refractivity contribution < 1.29 is 4.58 Å². The van der Waals surface area contributed by atoms with E-state index < -0.39 is 0 Å². The van der Waals surface area contributed by atoms with E-state index in [-0.39, 0.29) is 0 Å². The van der Waals surface area contributed by atoms with E-state index in [1.165, 1.54) is 28.8 Å². The van der Waals surface area contributed by atoms with Gasteiger partial charge in [-0.15, -0.1) is 12.2 Å². The average molecular weight is 383 g/mol. The number of hydrogen-bond acceptors (Lipinski definition) is 1. The predicted octanol–water partition coefficient (Wildman–Crippen LogP) is 6.54. The molecule has 2 aromatic carbocycles. The summed E-state index contributed by atoms with van der Waals surface area (Å²) in [6.45, 7) is 2.24. The lowest BCUT2D eigenvalue weighted by Crippen LogP contribution is -2.07. The normalized spacial score (nSPS) is 16.9. The minimum atomic E-state index is 1.13. The van der Waals surface area contributed by atoms with Crippen molar-refractivity contribution in [3.63, 3.8) is 0 Å². The zero-order valence-corrected chi connectivity index (χ0v) is 17.7. The number of nitrogens with zero attached hydrogens (tertiary/aromatic N) is 2. The lowest BCUT2D eigenvalue weighted by molar-refractivity contribution is -0.398. The lowest BCUT2D eigenvalue weighted by atomic mass is 9.88. The molecule has 148 valence electrons. The van der Waals surface area contributed by atoms with Crippen molar-refractivity contribution in [3.8, 4) is 0 Å². The van der Waals surface area contributed by atoms with Gasteiger partial charge in [-0.05, 0) is 62.1 Å². The van der Waals surface area contributed by atoms with Gasteiger partial charge >= 0.3 is 0 Å². The summed E-state index contributed by atoms with van der Waals surface area (Å²) in [5.41, 5.74) is 6.55. The quantitative estimate of drug-likeness (QED) is 0.312. The molecule has 0 N–H and O–H groups in total. The van der Waals surface area contributed by atoms with E-state index in [2.05, 4.69) is 85.9 Å². The minimum absolute atomic E-state index is 1.13. The summed E-state index contributed by atoms with van der Waals surface area (Å²) in [5, 5.41) is 0. The number of allylic oxidation sites excluding steroid dienone is 7. The van der Waals surface area contributed by atoms with E-state index in [0.29, 0.717) is 0 Å². The van der Waals surface area contributed by atoms with E-state index >= 15 is 0 Å². The first-order valence-corrected chi connectivity index (χ1v) is 10.2. The van der Waals surface area contributed by atoms with Gasteiger partial charge in [0, 0.05) is 18.9 Å². The van der Waals surface area contributed by atoms with Crippen molar-refractivity contribution >= 4 is 17.6 Å². The van der Waals surface area contributed by atoms with Crippen LogP contribution in [-0.2, 0) is 0 Å². The van der Waals surface area contributed by atoms with Gasteiger partial charge in [0.25, 0.3) is 0 Å². The first-order chi connectivity index (χ1) is 14.1. The lowest BCUT2D eigenvalue weighted by Gasteiger charge is -2.20. The van der Waals surface area contributed by atoms with Crippen LogP contribution in [0.25, 0.3) is 0 Å². The molecule has 2 heteroatoms. The highest BCUT2D eigenvalue weighted by molar-refractivity contribution is 5.69. The van der Waals surface area contributed by atoms with Crippen molar-refractivity contribution in [1.82, 2.24) is 0 Å². The van der Waals surface area contributed by atoms with Gasteiger partial charge in [0.2, 0.25) is 0 Å². The van der Waals surface area contributed by atoms with E-state index in [1.807, 2.05) is 42.0 Å². The standard InChI is InChI=1S/C27H30N2/c1-23-24(15-11-21-28(2)26-17-6-4-7-18-26)13-10-14-25(23)16-12-22-29(3)27-19-8-5-9-20-27/h4-9,11-12,15-21H,10,13-14H2,1-3H3/b16-12+,21-11?,24-15+. The molecule has 0 saturated heterocycles. The highest BCUT2D eigenvalue weighted by atomic mass is 15.1. The molecule has 0 atom stereocenters. The predicted molar refractivity (Wildman–Crippen MR) is 125 cm³/mol. The molecule has 0 bridgehead atoms. The molecule has 2 aromatic rings. The van der Waals surface area contributed by atoms with Gasteiger partial charge in [0.05, 0.1) is 0 Å². The van der Waals surface area contributed by atoms with Gasteiger partial charge in [0.15, 0.2) is 0 Å². The highest BCUT2D eigenvalue weighted by Crippen LogP contribution is 2.30. The van der Waals surface area contributed by atoms with E-state index in [1.54, 1.807) is 0 Å². The van der Waals surface area contributed by atoms with Crippen LogP contribution in [0.2, 0.25) is 0 Å². The Morgan fingerprint density at radius 1 is 0.966 bits per heavy atom. The van der Waals surface area contributed by atoms with Gasteiger partial charge < -0.3 is 9.48 Å². The Morgan fingerprint density at radius 2 is 1.66 bits per heavy atom. The molecule has 0 amide bonds. The monoisotopic (exact) mass is 382 g/mol. The third-order valence-electron chi connectivity index (χ3n) is 5.32. The molecule has 0 fully saturated rings. The number of hydrogen-bond donors (Lipinski definition) is 0. The molecular formula is C27H30N2. The fourth-order valence-corrected chi connectivity index (χ4v) is 3.48. The Bertz CT molecular complexity index is 945. The fourth-order valence-electron chi connectivity index (χ4n) is 3.48. The van der Waals surface area contributed by atoms with Crippen LogP contribution in [0, 0.1) is 0 Å². The maximum absolute atomic E-state index is 3.34. The summed E-state index contributed by atoms with van der Waals surface area (Å²) in [6, 6.07) is 20.7. The smallest absolute Gasteiger partial charge is 0.115 e. The van der Waals surface area contributed by atoms with Crippen LogP contribution in [0.1, 0.15) is 26.2 Å². The summed E-state index contributed by atoms with van der Waals surface area (Å²) in [7, 11) is 4.11. The Morgan fingerprint density at radius 3 is 2.38 bits per heavy atom. The van der Waals surface area contributed by atoms with Gasteiger partial charge in [-0.3, -0.25) is 0 Å². The van der Waals surface area contributed by atoms with Crippen LogP contribution in [0.4, 0.5) is 11.4 Å². The third kappa shape index (κ3) is 5.92.